The van der Waals surface area contributed by atoms with Gasteiger partial charge in [0.25, 0.3) is 5.91 Å². The highest BCUT2D eigenvalue weighted by Gasteiger charge is 2.34. The van der Waals surface area contributed by atoms with Crippen molar-refractivity contribution in [3.05, 3.63) is 41.6 Å². The van der Waals surface area contributed by atoms with Gasteiger partial charge in [0.1, 0.15) is 23.3 Å². The van der Waals surface area contributed by atoms with Gasteiger partial charge >= 0.3 is 12.0 Å². The number of carbonyl (C=O) groups excluding carboxylic acids is 4. The third-order valence-electron chi connectivity index (χ3n) is 3.62. The zero-order valence-electron chi connectivity index (χ0n) is 14.8. The third kappa shape index (κ3) is 4.92. The van der Waals surface area contributed by atoms with Gasteiger partial charge in [0.05, 0.1) is 19.7 Å². The molecule has 1 atom stereocenters. The van der Waals surface area contributed by atoms with Gasteiger partial charge in [-0.3, -0.25) is 14.5 Å². The van der Waals surface area contributed by atoms with Gasteiger partial charge in [-0.25, -0.2) is 9.59 Å². The summed E-state index contributed by atoms with van der Waals surface area (Å²) in [6, 6.07) is 6.29. The number of carbonyl (C=O) groups is 4. The lowest BCUT2D eigenvalue weighted by atomic mass is 10.2. The van der Waals surface area contributed by atoms with Crippen LogP contribution in [0.5, 0.6) is 5.75 Å². The van der Waals surface area contributed by atoms with Crippen LogP contribution in [0.2, 0.25) is 0 Å². The molecule has 1 N–H and O–H groups in total. The Balaban J connectivity index is 2.02. The second-order valence-corrected chi connectivity index (χ2v) is 5.88. The number of rotatable bonds is 7. The monoisotopic (exact) mass is 360 g/mol. The van der Waals surface area contributed by atoms with Crippen LogP contribution in [-0.2, 0) is 25.7 Å². The van der Waals surface area contributed by atoms with E-state index in [9.17, 15) is 19.2 Å². The van der Waals surface area contributed by atoms with E-state index in [0.717, 1.165) is 16.5 Å². The first-order valence-electron chi connectivity index (χ1n) is 7.97. The van der Waals surface area contributed by atoms with Gasteiger partial charge in [-0.1, -0.05) is 12.1 Å². The molecule has 1 saturated heterocycles. The Labute approximate surface area is 150 Å². The fourth-order valence-corrected chi connectivity index (χ4v) is 2.43. The van der Waals surface area contributed by atoms with Crippen molar-refractivity contribution >= 4 is 23.7 Å². The van der Waals surface area contributed by atoms with Crippen LogP contribution in [0.1, 0.15) is 25.8 Å². The molecule has 3 amide bonds. The molecule has 1 heterocycles. The molecule has 1 aliphatic heterocycles. The second kappa shape index (κ2) is 8.28. The topological polar surface area (TPSA) is 102 Å². The Kier molecular flexibility index (Phi) is 6.11. The van der Waals surface area contributed by atoms with Crippen molar-refractivity contribution in [3.8, 4) is 5.75 Å². The van der Waals surface area contributed by atoms with Crippen LogP contribution in [0.25, 0.3) is 0 Å². The van der Waals surface area contributed by atoms with E-state index < -0.39 is 24.0 Å². The molecule has 0 bridgehead atoms. The first kappa shape index (κ1) is 19.2. The molecule has 0 saturated carbocycles. The molecule has 8 nitrogen and oxygen atoms in total. The van der Waals surface area contributed by atoms with E-state index in [-0.39, 0.29) is 24.4 Å². The van der Waals surface area contributed by atoms with Crippen molar-refractivity contribution in [3.63, 3.8) is 0 Å². The van der Waals surface area contributed by atoms with Gasteiger partial charge in [0.2, 0.25) is 0 Å². The molecule has 1 fully saturated rings. The molecule has 1 aromatic rings. The van der Waals surface area contributed by atoms with Crippen LogP contribution in [0.4, 0.5) is 4.79 Å². The van der Waals surface area contributed by atoms with Crippen molar-refractivity contribution in [1.82, 2.24) is 10.2 Å². The third-order valence-corrected chi connectivity index (χ3v) is 3.62. The summed E-state index contributed by atoms with van der Waals surface area (Å²) >= 11 is 0. The number of urea groups is 1. The number of Topliss-reactive ketones (excluding diaryl/α,β-unsaturated/α-hetero) is 1. The average Bonchev–Trinajstić information content (AvgIpc) is 2.82. The predicted molar refractivity (Wildman–Crippen MR) is 91.0 cm³/mol. The van der Waals surface area contributed by atoms with Crippen LogP contribution < -0.4 is 10.1 Å². The predicted octanol–water partition coefficient (Wildman–Crippen LogP) is 1.54. The first-order chi connectivity index (χ1) is 12.3. The fourth-order valence-electron chi connectivity index (χ4n) is 2.43. The SMILES string of the molecule is COc1ccc(CN2C(=O)N/C(=C\C(=O)OC(C)CC(C)=O)C2=O)cc1. The van der Waals surface area contributed by atoms with Gasteiger partial charge in [0, 0.05) is 6.42 Å². The minimum absolute atomic E-state index is 0.0573. The molecular formula is C18H20N2O6. The smallest absolute Gasteiger partial charge is 0.333 e. The van der Waals surface area contributed by atoms with Crippen LogP contribution >= 0.6 is 0 Å². The second-order valence-electron chi connectivity index (χ2n) is 5.88. The van der Waals surface area contributed by atoms with Crippen LogP contribution in [0.15, 0.2) is 36.0 Å². The number of methoxy groups -OCH3 is 1. The standard InChI is InChI=1S/C18H20N2O6/c1-11(21)8-12(2)26-16(22)9-15-17(23)20(18(24)19-15)10-13-4-6-14(25-3)7-5-13/h4-7,9,12H,8,10H2,1-3H3,(H,19,24)/b15-9-. The highest BCUT2D eigenvalue weighted by molar-refractivity contribution is 6.13. The lowest BCUT2D eigenvalue weighted by Crippen LogP contribution is -2.30. The number of nitrogens with zero attached hydrogens (tertiary/aromatic N) is 1. The highest BCUT2D eigenvalue weighted by atomic mass is 16.5. The molecule has 2 rings (SSSR count). The Morgan fingerprint density at radius 1 is 1.23 bits per heavy atom. The van der Waals surface area contributed by atoms with Crippen molar-refractivity contribution in [2.75, 3.05) is 7.11 Å². The number of amides is 3. The number of hydrogen-bond acceptors (Lipinski definition) is 6. The van der Waals surface area contributed by atoms with Crippen molar-refractivity contribution in [2.24, 2.45) is 0 Å². The molecule has 8 heteroatoms. The summed E-state index contributed by atoms with van der Waals surface area (Å²) in [4.78, 5) is 48.2. The zero-order valence-corrected chi connectivity index (χ0v) is 14.8. The van der Waals surface area contributed by atoms with Gasteiger partial charge in [-0.05, 0) is 31.5 Å². The Bertz CT molecular complexity index is 753. The average molecular weight is 360 g/mol. The molecule has 138 valence electrons. The lowest BCUT2D eigenvalue weighted by molar-refractivity contribution is -0.143. The summed E-state index contributed by atoms with van der Waals surface area (Å²) in [6.07, 6.45) is 0.392. The van der Waals surface area contributed by atoms with E-state index in [1.165, 1.54) is 6.92 Å². The molecule has 0 aromatic heterocycles. The highest BCUT2D eigenvalue weighted by Crippen LogP contribution is 2.17. The number of hydrogen-bond donors (Lipinski definition) is 1. The molecule has 1 aromatic carbocycles. The number of ketones is 1. The summed E-state index contributed by atoms with van der Waals surface area (Å²) < 4.78 is 10.1. The maximum absolute atomic E-state index is 12.3. The number of esters is 1. The molecule has 1 aliphatic rings. The van der Waals surface area contributed by atoms with Crippen molar-refractivity contribution in [1.29, 1.82) is 0 Å². The van der Waals surface area contributed by atoms with Crippen molar-refractivity contribution in [2.45, 2.75) is 32.9 Å². The van der Waals surface area contributed by atoms with E-state index in [1.807, 2.05) is 0 Å². The van der Waals surface area contributed by atoms with Crippen LogP contribution in [0, 0.1) is 0 Å². The fraction of sp³-hybridized carbons (Fsp3) is 0.333. The van der Waals surface area contributed by atoms with E-state index >= 15 is 0 Å². The zero-order chi connectivity index (χ0) is 19.3. The van der Waals surface area contributed by atoms with Crippen LogP contribution in [0.3, 0.4) is 0 Å². The largest absolute Gasteiger partial charge is 0.497 e. The Morgan fingerprint density at radius 3 is 2.46 bits per heavy atom. The molecule has 0 radical (unpaired) electrons. The quantitative estimate of drug-likeness (QED) is 0.450. The molecule has 26 heavy (non-hydrogen) atoms. The number of benzene rings is 1. The molecule has 1 unspecified atom stereocenters. The van der Waals surface area contributed by atoms with Gasteiger partial charge in [0.15, 0.2) is 0 Å². The van der Waals surface area contributed by atoms with E-state index in [2.05, 4.69) is 5.32 Å². The summed E-state index contributed by atoms with van der Waals surface area (Å²) in [5.74, 6) is -0.876. The lowest BCUT2D eigenvalue weighted by Gasteiger charge is -2.12. The van der Waals surface area contributed by atoms with Crippen molar-refractivity contribution < 1.29 is 28.7 Å². The van der Waals surface area contributed by atoms with Gasteiger partial charge in [-0.2, -0.15) is 0 Å². The van der Waals surface area contributed by atoms with Gasteiger partial charge in [-0.15, -0.1) is 0 Å². The van der Waals surface area contributed by atoms with Crippen LogP contribution in [-0.4, -0.2) is 41.8 Å². The summed E-state index contributed by atoms with van der Waals surface area (Å²) in [6.45, 7) is 3.02. The first-order valence-corrected chi connectivity index (χ1v) is 7.97. The summed E-state index contributed by atoms with van der Waals surface area (Å²) in [5, 5.41) is 2.35. The normalized spacial score (nSPS) is 16.4. The van der Waals surface area contributed by atoms with Gasteiger partial charge < -0.3 is 14.8 Å². The van der Waals surface area contributed by atoms with E-state index in [4.69, 9.17) is 9.47 Å². The summed E-state index contributed by atoms with van der Waals surface area (Å²) in [5.41, 5.74) is 0.566. The number of nitrogens with one attached hydrogen (secondary N) is 1. The summed E-state index contributed by atoms with van der Waals surface area (Å²) in [7, 11) is 1.54. The maximum Gasteiger partial charge on any atom is 0.333 e. The Morgan fingerprint density at radius 2 is 1.88 bits per heavy atom. The Hall–Kier alpha value is -3.16. The number of ether oxygens (including phenoxy) is 2. The molecule has 0 aliphatic carbocycles. The molecule has 0 spiro atoms. The minimum atomic E-state index is -0.798. The number of imide groups is 1. The minimum Gasteiger partial charge on any atom is -0.497 e. The maximum atomic E-state index is 12.3. The molecular weight excluding hydrogens is 340 g/mol. The van der Waals surface area contributed by atoms with E-state index in [0.29, 0.717) is 5.75 Å². The van der Waals surface area contributed by atoms with E-state index in [1.54, 1.807) is 38.3 Å².